The summed E-state index contributed by atoms with van der Waals surface area (Å²) in [5, 5.41) is 1.29. The Balaban J connectivity index is 2.83. The van der Waals surface area contributed by atoms with Crippen molar-refractivity contribution >= 4 is 47.5 Å². The van der Waals surface area contributed by atoms with Gasteiger partial charge in [0.15, 0.2) is 8.32 Å². The van der Waals surface area contributed by atoms with Crippen LogP contribution in [0, 0.1) is 0 Å². The average Bonchev–Trinajstić information content (AvgIpc) is 2.31. The van der Waals surface area contributed by atoms with Crippen molar-refractivity contribution in [3.05, 3.63) is 30.3 Å². The quantitative estimate of drug-likeness (QED) is 0.494. The smallest absolute Gasteiger partial charge is 0.314 e. The molecule has 0 atom stereocenters. The van der Waals surface area contributed by atoms with Gasteiger partial charge < -0.3 is 16.5 Å². The third-order valence-electron chi connectivity index (χ3n) is 3.51. The van der Waals surface area contributed by atoms with Crippen LogP contribution in [-0.4, -0.2) is 42.3 Å². The first-order valence-corrected chi connectivity index (χ1v) is 24.1. The monoisotopic (exact) mass is 446 g/mol. The number of hydrogen-bond donors (Lipinski definition) is 0. The lowest BCUT2D eigenvalue weighted by atomic mass is 10.4. The van der Waals surface area contributed by atoms with Gasteiger partial charge in [0.2, 0.25) is 8.32 Å². The summed E-state index contributed by atoms with van der Waals surface area (Å²) >= 11 is 0. The maximum absolute atomic E-state index is 6.66. The molecule has 0 aliphatic rings. The van der Waals surface area contributed by atoms with Gasteiger partial charge in [-0.2, -0.15) is 0 Å². The molecule has 0 heterocycles. The highest BCUT2D eigenvalue weighted by atomic mass is 28.5. The SMILES string of the molecule is C[Si](C)(C)O[Si](C)(C)O[Si](C)(C)O[Si](C)(C)O[Si](C)(C)c1ccccc1. The predicted octanol–water partition coefficient (Wildman–Crippen LogP) is 5.11. The molecule has 150 valence electrons. The van der Waals surface area contributed by atoms with E-state index in [1.165, 1.54) is 5.19 Å². The van der Waals surface area contributed by atoms with Gasteiger partial charge in [0.05, 0.1) is 0 Å². The maximum atomic E-state index is 6.66. The molecule has 0 N–H and O–H groups in total. The molecule has 0 aromatic heterocycles. The predicted molar refractivity (Wildman–Crippen MR) is 124 cm³/mol. The van der Waals surface area contributed by atoms with Crippen LogP contribution in [-0.2, 0) is 16.5 Å². The van der Waals surface area contributed by atoms with Crippen LogP contribution >= 0.6 is 0 Å². The molecule has 9 heteroatoms. The Morgan fingerprint density at radius 3 is 1.31 bits per heavy atom. The van der Waals surface area contributed by atoms with Crippen molar-refractivity contribution in [3.63, 3.8) is 0 Å². The van der Waals surface area contributed by atoms with Crippen LogP contribution in [0.1, 0.15) is 0 Å². The van der Waals surface area contributed by atoms with Gasteiger partial charge in [0, 0.05) is 0 Å². The van der Waals surface area contributed by atoms with E-state index in [4.69, 9.17) is 16.5 Å². The Morgan fingerprint density at radius 2 is 0.885 bits per heavy atom. The second kappa shape index (κ2) is 8.25. The summed E-state index contributed by atoms with van der Waals surface area (Å²) in [5.74, 6) is 0. The second-order valence-corrected chi connectivity index (χ2v) is 29.1. The lowest BCUT2D eigenvalue weighted by Gasteiger charge is -2.42. The topological polar surface area (TPSA) is 36.9 Å². The fourth-order valence-electron chi connectivity index (χ4n) is 3.50. The minimum absolute atomic E-state index is 1.29. The van der Waals surface area contributed by atoms with Crippen molar-refractivity contribution in [1.29, 1.82) is 0 Å². The van der Waals surface area contributed by atoms with E-state index in [0.29, 0.717) is 0 Å². The molecule has 0 unspecified atom stereocenters. The molecule has 4 nitrogen and oxygen atoms in total. The Morgan fingerprint density at radius 1 is 0.500 bits per heavy atom. The lowest BCUT2D eigenvalue weighted by molar-refractivity contribution is 0.300. The number of hydrogen-bond acceptors (Lipinski definition) is 4. The second-order valence-electron chi connectivity index (χ2n) is 9.60. The van der Waals surface area contributed by atoms with Gasteiger partial charge in [0.1, 0.15) is 0 Å². The van der Waals surface area contributed by atoms with Gasteiger partial charge in [-0.3, -0.25) is 0 Å². The molecule has 0 saturated carbocycles. The van der Waals surface area contributed by atoms with Crippen molar-refractivity contribution in [3.8, 4) is 0 Å². The van der Waals surface area contributed by atoms with Crippen LogP contribution < -0.4 is 5.19 Å². The minimum atomic E-state index is -2.36. The van der Waals surface area contributed by atoms with Crippen LogP contribution in [0.5, 0.6) is 0 Å². The van der Waals surface area contributed by atoms with Crippen molar-refractivity contribution in [2.45, 2.75) is 72.0 Å². The van der Waals surface area contributed by atoms with Gasteiger partial charge in [-0.15, -0.1) is 0 Å². The molecule has 0 aliphatic carbocycles. The van der Waals surface area contributed by atoms with Gasteiger partial charge >= 0.3 is 25.7 Å². The summed E-state index contributed by atoms with van der Waals surface area (Å²) < 4.78 is 26.1. The van der Waals surface area contributed by atoms with Crippen LogP contribution in [0.2, 0.25) is 72.0 Å². The summed E-state index contributed by atoms with van der Waals surface area (Å²) in [6.07, 6.45) is 0. The molecule has 0 saturated heterocycles. The van der Waals surface area contributed by atoms with Crippen molar-refractivity contribution in [2.24, 2.45) is 0 Å². The Kier molecular flexibility index (Phi) is 7.68. The molecule has 0 bridgehead atoms. The zero-order valence-corrected chi connectivity index (χ0v) is 23.5. The first kappa shape index (κ1) is 24.2. The van der Waals surface area contributed by atoms with Crippen molar-refractivity contribution in [2.75, 3.05) is 0 Å². The van der Waals surface area contributed by atoms with Gasteiger partial charge in [0.25, 0.3) is 0 Å². The average molecular weight is 447 g/mol. The largest absolute Gasteiger partial charge is 0.437 e. The molecule has 0 aliphatic heterocycles. The molecule has 1 rings (SSSR count). The van der Waals surface area contributed by atoms with E-state index in [1.807, 2.05) is 6.07 Å². The van der Waals surface area contributed by atoms with Gasteiger partial charge in [-0.1, -0.05) is 30.3 Å². The van der Waals surface area contributed by atoms with E-state index in [-0.39, 0.29) is 0 Å². The van der Waals surface area contributed by atoms with E-state index < -0.39 is 42.3 Å². The molecule has 1 aromatic rings. The molecule has 0 fully saturated rings. The molecular weight excluding hydrogens is 409 g/mol. The van der Waals surface area contributed by atoms with E-state index >= 15 is 0 Å². The summed E-state index contributed by atoms with van der Waals surface area (Å²) in [7, 11) is -10.6. The molecule has 0 spiro atoms. The molecule has 26 heavy (non-hydrogen) atoms. The van der Waals surface area contributed by atoms with E-state index in [2.05, 4.69) is 96.3 Å². The van der Waals surface area contributed by atoms with Crippen LogP contribution in [0.15, 0.2) is 30.3 Å². The van der Waals surface area contributed by atoms with Gasteiger partial charge in [-0.25, -0.2) is 0 Å². The summed E-state index contributed by atoms with van der Waals surface area (Å²) in [6, 6.07) is 10.5. The number of rotatable bonds is 9. The van der Waals surface area contributed by atoms with Crippen LogP contribution in [0.3, 0.4) is 0 Å². The van der Waals surface area contributed by atoms with E-state index in [9.17, 15) is 0 Å². The zero-order chi connectivity index (χ0) is 20.4. The Hall–Kier alpha value is 0.144. The van der Waals surface area contributed by atoms with Crippen LogP contribution in [0.4, 0.5) is 0 Å². The zero-order valence-electron chi connectivity index (χ0n) is 18.5. The highest BCUT2D eigenvalue weighted by Crippen LogP contribution is 2.25. The maximum Gasteiger partial charge on any atom is 0.314 e. The first-order valence-electron chi connectivity index (χ1n) is 9.29. The Bertz CT molecular complexity index is 583. The normalized spacial score (nSPS) is 14.6. The standard InChI is InChI=1S/C17H38O4Si5/c1-22(2,3)18-24(6,7)20-26(10,11)21-25(8,9)19-23(4,5)17-15-13-12-14-16-17/h12-16H,1-11H3. The first-order chi connectivity index (χ1) is 11.4. The lowest BCUT2D eigenvalue weighted by Crippen LogP contribution is -2.60. The number of benzene rings is 1. The summed E-state index contributed by atoms with van der Waals surface area (Å²) in [5.41, 5.74) is 0. The third kappa shape index (κ3) is 8.89. The fraction of sp³-hybridized carbons (Fsp3) is 0.647. The summed E-state index contributed by atoms with van der Waals surface area (Å²) in [4.78, 5) is 0. The Labute approximate surface area is 166 Å². The van der Waals surface area contributed by atoms with Crippen molar-refractivity contribution < 1.29 is 16.5 Å². The summed E-state index contributed by atoms with van der Waals surface area (Å²) in [6.45, 7) is 23.8. The van der Waals surface area contributed by atoms with E-state index in [0.717, 1.165) is 0 Å². The molecular formula is C17H38O4Si5. The van der Waals surface area contributed by atoms with Gasteiger partial charge in [-0.05, 0) is 77.2 Å². The molecule has 0 radical (unpaired) electrons. The van der Waals surface area contributed by atoms with Crippen molar-refractivity contribution in [1.82, 2.24) is 0 Å². The highest BCUT2D eigenvalue weighted by molar-refractivity contribution is 6.93. The van der Waals surface area contributed by atoms with Crippen LogP contribution in [0.25, 0.3) is 0 Å². The minimum Gasteiger partial charge on any atom is -0.437 e. The highest BCUT2D eigenvalue weighted by Gasteiger charge is 2.45. The molecule has 1 aromatic carbocycles. The molecule has 0 amide bonds. The third-order valence-corrected chi connectivity index (χ3v) is 21.5. The van der Waals surface area contributed by atoms with E-state index in [1.54, 1.807) is 0 Å². The fourth-order valence-corrected chi connectivity index (χ4v) is 26.9.